The molecule has 0 saturated carbocycles. The van der Waals surface area contributed by atoms with Crippen LogP contribution in [0.25, 0.3) is 0 Å². The molecule has 13 heavy (non-hydrogen) atoms. The third kappa shape index (κ3) is 5.93. The zero-order valence-electron chi connectivity index (χ0n) is 7.96. The number of nitrogens with zero attached hydrogens (tertiary/aromatic N) is 1. The summed E-state index contributed by atoms with van der Waals surface area (Å²) in [6, 6.07) is 0. The van der Waals surface area contributed by atoms with Gasteiger partial charge in [0.05, 0.1) is 13.2 Å². The van der Waals surface area contributed by atoms with E-state index in [1.807, 2.05) is 0 Å². The number of halogens is 1. The Labute approximate surface area is 86.7 Å². The van der Waals surface area contributed by atoms with Crippen LogP contribution in [0.1, 0.15) is 25.7 Å². The summed E-state index contributed by atoms with van der Waals surface area (Å²) in [6.45, 7) is 3.48. The second-order valence-corrected chi connectivity index (χ2v) is 3.16. The van der Waals surface area contributed by atoms with Gasteiger partial charge in [-0.05, 0) is 25.9 Å². The lowest BCUT2D eigenvalue weighted by Gasteiger charge is -2.23. The summed E-state index contributed by atoms with van der Waals surface area (Å²) in [5.41, 5.74) is 0. The van der Waals surface area contributed by atoms with E-state index >= 15 is 0 Å². The van der Waals surface area contributed by atoms with Gasteiger partial charge in [-0.15, -0.1) is 12.4 Å². The van der Waals surface area contributed by atoms with E-state index in [9.17, 15) is 0 Å². The van der Waals surface area contributed by atoms with Crippen molar-refractivity contribution in [1.82, 2.24) is 4.90 Å². The SMILES string of the molecule is Cl.OCCC#CCN1CCCCC1. The number of rotatable bonds is 2. The second kappa shape index (κ2) is 8.37. The summed E-state index contributed by atoms with van der Waals surface area (Å²) >= 11 is 0. The molecule has 0 atom stereocenters. The van der Waals surface area contributed by atoms with Crippen LogP contribution in [-0.2, 0) is 0 Å². The fraction of sp³-hybridized carbons (Fsp3) is 0.800. The topological polar surface area (TPSA) is 23.5 Å². The van der Waals surface area contributed by atoms with E-state index in [-0.39, 0.29) is 19.0 Å². The van der Waals surface area contributed by atoms with Crippen molar-refractivity contribution in [1.29, 1.82) is 0 Å². The molecular weight excluding hydrogens is 186 g/mol. The van der Waals surface area contributed by atoms with E-state index in [0.29, 0.717) is 6.42 Å². The third-order valence-electron chi connectivity index (χ3n) is 2.11. The molecule has 0 unspecified atom stereocenters. The van der Waals surface area contributed by atoms with Gasteiger partial charge in [0, 0.05) is 6.42 Å². The first-order valence-corrected chi connectivity index (χ1v) is 4.72. The molecule has 2 nitrogen and oxygen atoms in total. The highest BCUT2D eigenvalue weighted by Crippen LogP contribution is 2.06. The normalized spacial score (nSPS) is 17.0. The largest absolute Gasteiger partial charge is 0.395 e. The quantitative estimate of drug-likeness (QED) is 0.684. The van der Waals surface area contributed by atoms with Gasteiger partial charge in [-0.3, -0.25) is 4.90 Å². The summed E-state index contributed by atoms with van der Waals surface area (Å²) in [5, 5.41) is 8.49. The number of aliphatic hydroxyl groups is 1. The first-order valence-electron chi connectivity index (χ1n) is 4.72. The molecule has 1 fully saturated rings. The van der Waals surface area contributed by atoms with Gasteiger partial charge >= 0.3 is 0 Å². The van der Waals surface area contributed by atoms with Crippen LogP contribution in [0.2, 0.25) is 0 Å². The van der Waals surface area contributed by atoms with Gasteiger partial charge in [0.1, 0.15) is 0 Å². The Balaban J connectivity index is 0.00000144. The molecule has 1 saturated heterocycles. The summed E-state index contributed by atoms with van der Waals surface area (Å²) in [7, 11) is 0. The third-order valence-corrected chi connectivity index (χ3v) is 2.11. The Bertz CT molecular complexity index is 167. The molecule has 76 valence electrons. The highest BCUT2D eigenvalue weighted by atomic mass is 35.5. The van der Waals surface area contributed by atoms with Crippen molar-refractivity contribution in [3.05, 3.63) is 0 Å². The fourth-order valence-corrected chi connectivity index (χ4v) is 1.43. The molecule has 1 rings (SSSR count). The number of likely N-dealkylation sites (tertiary alicyclic amines) is 1. The van der Waals surface area contributed by atoms with Crippen molar-refractivity contribution in [2.45, 2.75) is 25.7 Å². The van der Waals surface area contributed by atoms with Crippen LogP contribution in [-0.4, -0.2) is 36.2 Å². The molecule has 0 aromatic heterocycles. The lowest BCUT2D eigenvalue weighted by molar-refractivity contribution is 0.255. The predicted octanol–water partition coefficient (Wildman–Crippen LogP) is 1.28. The zero-order valence-corrected chi connectivity index (χ0v) is 8.78. The van der Waals surface area contributed by atoms with Crippen molar-refractivity contribution in [3.8, 4) is 11.8 Å². The zero-order chi connectivity index (χ0) is 8.65. The van der Waals surface area contributed by atoms with Gasteiger partial charge < -0.3 is 5.11 Å². The molecule has 0 bridgehead atoms. The van der Waals surface area contributed by atoms with E-state index in [4.69, 9.17) is 5.11 Å². The van der Waals surface area contributed by atoms with Crippen molar-refractivity contribution in [3.63, 3.8) is 0 Å². The molecule has 0 radical (unpaired) electrons. The molecule has 1 aliphatic rings. The summed E-state index contributed by atoms with van der Waals surface area (Å²) < 4.78 is 0. The predicted molar refractivity (Wildman–Crippen MR) is 57.0 cm³/mol. The molecule has 1 heterocycles. The van der Waals surface area contributed by atoms with E-state index in [0.717, 1.165) is 6.54 Å². The minimum Gasteiger partial charge on any atom is -0.395 e. The molecule has 3 heteroatoms. The maximum Gasteiger partial charge on any atom is 0.0601 e. The molecular formula is C10H18ClNO. The molecule has 1 aliphatic heterocycles. The highest BCUT2D eigenvalue weighted by molar-refractivity contribution is 5.85. The first kappa shape index (κ1) is 12.8. The molecule has 0 aromatic rings. The van der Waals surface area contributed by atoms with Gasteiger partial charge in [0.15, 0.2) is 0 Å². The number of piperidine rings is 1. The smallest absolute Gasteiger partial charge is 0.0601 e. The number of hydrogen-bond donors (Lipinski definition) is 1. The van der Waals surface area contributed by atoms with Gasteiger partial charge in [-0.1, -0.05) is 18.3 Å². The van der Waals surface area contributed by atoms with E-state index in [2.05, 4.69) is 16.7 Å². The van der Waals surface area contributed by atoms with Crippen molar-refractivity contribution >= 4 is 12.4 Å². The van der Waals surface area contributed by atoms with Crippen LogP contribution in [0.5, 0.6) is 0 Å². The van der Waals surface area contributed by atoms with Gasteiger partial charge in [-0.2, -0.15) is 0 Å². The van der Waals surface area contributed by atoms with Crippen LogP contribution >= 0.6 is 12.4 Å². The van der Waals surface area contributed by atoms with E-state index in [1.165, 1.54) is 32.4 Å². The van der Waals surface area contributed by atoms with Crippen LogP contribution in [0.15, 0.2) is 0 Å². The molecule has 0 amide bonds. The maximum atomic E-state index is 8.49. The molecule has 0 spiro atoms. The highest BCUT2D eigenvalue weighted by Gasteiger charge is 2.07. The van der Waals surface area contributed by atoms with Crippen LogP contribution in [0, 0.1) is 11.8 Å². The Morgan fingerprint density at radius 2 is 1.77 bits per heavy atom. The van der Waals surface area contributed by atoms with Gasteiger partial charge in [-0.25, -0.2) is 0 Å². The van der Waals surface area contributed by atoms with Crippen molar-refractivity contribution < 1.29 is 5.11 Å². The van der Waals surface area contributed by atoms with Crippen molar-refractivity contribution in [2.75, 3.05) is 26.2 Å². The standard InChI is InChI=1S/C10H17NO.ClH/c12-10-6-2-5-9-11-7-3-1-4-8-11;/h12H,1,3-4,6-10H2;1H. The van der Waals surface area contributed by atoms with E-state index in [1.54, 1.807) is 0 Å². The average Bonchev–Trinajstić information content (AvgIpc) is 2.14. The minimum absolute atomic E-state index is 0. The summed E-state index contributed by atoms with van der Waals surface area (Å²) in [4.78, 5) is 2.38. The Morgan fingerprint density at radius 3 is 2.38 bits per heavy atom. The first-order chi connectivity index (χ1) is 5.93. The Kier molecular flexibility index (Phi) is 8.22. The van der Waals surface area contributed by atoms with E-state index < -0.39 is 0 Å². The lowest BCUT2D eigenvalue weighted by Crippen LogP contribution is -2.29. The fourth-order valence-electron chi connectivity index (χ4n) is 1.43. The summed E-state index contributed by atoms with van der Waals surface area (Å²) in [5.74, 6) is 6.01. The van der Waals surface area contributed by atoms with Crippen LogP contribution < -0.4 is 0 Å². The van der Waals surface area contributed by atoms with Crippen LogP contribution in [0.4, 0.5) is 0 Å². The maximum absolute atomic E-state index is 8.49. The monoisotopic (exact) mass is 203 g/mol. The molecule has 0 aliphatic carbocycles. The number of hydrogen-bond acceptors (Lipinski definition) is 2. The molecule has 0 aromatic carbocycles. The molecule has 1 N–H and O–H groups in total. The Morgan fingerprint density at radius 1 is 1.08 bits per heavy atom. The lowest BCUT2D eigenvalue weighted by atomic mass is 10.1. The number of aliphatic hydroxyl groups excluding tert-OH is 1. The minimum atomic E-state index is 0. The van der Waals surface area contributed by atoms with Gasteiger partial charge in [0.2, 0.25) is 0 Å². The Hall–Kier alpha value is -0.230. The second-order valence-electron chi connectivity index (χ2n) is 3.16. The van der Waals surface area contributed by atoms with Crippen molar-refractivity contribution in [2.24, 2.45) is 0 Å². The average molecular weight is 204 g/mol. The van der Waals surface area contributed by atoms with Gasteiger partial charge in [0.25, 0.3) is 0 Å². The van der Waals surface area contributed by atoms with Crippen LogP contribution in [0.3, 0.4) is 0 Å². The summed E-state index contributed by atoms with van der Waals surface area (Å²) in [6.07, 6.45) is 4.64.